The molecule has 0 aliphatic heterocycles. The fourth-order valence-electron chi connectivity index (χ4n) is 3.59. The molecule has 2 bridgehead atoms. The smallest absolute Gasteiger partial charge is 0.117 e. The van der Waals surface area contributed by atoms with E-state index in [4.69, 9.17) is 4.42 Å². The molecule has 0 amide bonds. The predicted molar refractivity (Wildman–Crippen MR) is 64.1 cm³/mol. The topological polar surface area (TPSA) is 25.2 Å². The summed E-state index contributed by atoms with van der Waals surface area (Å²) in [6.07, 6.45) is 5.95. The Kier molecular flexibility index (Phi) is 2.76. The van der Waals surface area contributed by atoms with E-state index in [1.165, 1.54) is 32.2 Å². The molecular weight excluding hydrogens is 198 g/mol. The molecule has 2 nitrogen and oxygen atoms in total. The summed E-state index contributed by atoms with van der Waals surface area (Å²) in [6, 6.07) is 4.11. The molecule has 88 valence electrons. The third-order valence-corrected chi connectivity index (χ3v) is 4.39. The van der Waals surface area contributed by atoms with Crippen LogP contribution in [-0.4, -0.2) is 6.54 Å². The summed E-state index contributed by atoms with van der Waals surface area (Å²) in [5, 5.41) is 3.55. The number of nitrogens with one attached hydrogen (secondary N) is 1. The fraction of sp³-hybridized carbons (Fsp3) is 0.714. The average molecular weight is 219 g/mol. The van der Waals surface area contributed by atoms with E-state index in [1.807, 2.05) is 13.0 Å². The molecule has 2 heteroatoms. The highest BCUT2D eigenvalue weighted by atomic mass is 16.3. The lowest BCUT2D eigenvalue weighted by Gasteiger charge is -2.21. The fourth-order valence-corrected chi connectivity index (χ4v) is 3.59. The third kappa shape index (κ3) is 2.03. The maximum Gasteiger partial charge on any atom is 0.117 e. The Bertz CT molecular complexity index is 357. The molecule has 1 heterocycles. The molecule has 0 radical (unpaired) electrons. The zero-order chi connectivity index (χ0) is 11.0. The van der Waals surface area contributed by atoms with Gasteiger partial charge in [0.25, 0.3) is 0 Å². The summed E-state index contributed by atoms with van der Waals surface area (Å²) < 4.78 is 5.55. The Labute approximate surface area is 97.4 Å². The quantitative estimate of drug-likeness (QED) is 0.841. The average Bonchev–Trinajstić information content (AvgIpc) is 2.94. The molecule has 0 saturated heterocycles. The van der Waals surface area contributed by atoms with Crippen LogP contribution in [0, 0.1) is 24.7 Å². The molecule has 0 spiro atoms. The minimum atomic E-state index is 0.891. The van der Waals surface area contributed by atoms with Gasteiger partial charge >= 0.3 is 0 Å². The van der Waals surface area contributed by atoms with Gasteiger partial charge in [-0.1, -0.05) is 6.42 Å². The molecule has 1 N–H and O–H groups in total. The highest BCUT2D eigenvalue weighted by Crippen LogP contribution is 2.47. The lowest BCUT2D eigenvalue weighted by atomic mass is 9.89. The highest BCUT2D eigenvalue weighted by molar-refractivity contribution is 5.05. The number of furan rings is 1. The van der Waals surface area contributed by atoms with E-state index in [1.54, 1.807) is 0 Å². The summed E-state index contributed by atoms with van der Waals surface area (Å²) in [7, 11) is 0. The van der Waals surface area contributed by atoms with E-state index < -0.39 is 0 Å². The van der Waals surface area contributed by atoms with Gasteiger partial charge in [-0.2, -0.15) is 0 Å². The van der Waals surface area contributed by atoms with Crippen LogP contribution in [0.5, 0.6) is 0 Å². The molecule has 1 aromatic heterocycles. The summed E-state index contributed by atoms with van der Waals surface area (Å²) >= 11 is 0. The number of hydrogen-bond acceptors (Lipinski definition) is 2. The van der Waals surface area contributed by atoms with Gasteiger partial charge in [0.05, 0.1) is 6.54 Å². The second-order valence-corrected chi connectivity index (χ2v) is 5.58. The van der Waals surface area contributed by atoms with Gasteiger partial charge in [0.1, 0.15) is 11.5 Å². The molecule has 2 fully saturated rings. The van der Waals surface area contributed by atoms with Crippen LogP contribution in [0.2, 0.25) is 0 Å². The van der Waals surface area contributed by atoms with Gasteiger partial charge in [0, 0.05) is 0 Å². The summed E-state index contributed by atoms with van der Waals surface area (Å²) in [4.78, 5) is 0. The van der Waals surface area contributed by atoms with Gasteiger partial charge in [-0.05, 0) is 62.6 Å². The molecule has 2 saturated carbocycles. The van der Waals surface area contributed by atoms with E-state index >= 15 is 0 Å². The van der Waals surface area contributed by atoms with Gasteiger partial charge in [0.15, 0.2) is 0 Å². The van der Waals surface area contributed by atoms with Gasteiger partial charge in [-0.15, -0.1) is 0 Å². The minimum Gasteiger partial charge on any atom is -0.465 e. The standard InChI is InChI=1S/C14H21NO/c1-10-2-5-14(16-10)9-15-8-13-7-11-3-4-12(13)6-11/h2,5,11-13,15H,3-4,6-9H2,1H3. The Balaban J connectivity index is 1.44. The molecular formula is C14H21NO. The van der Waals surface area contributed by atoms with E-state index in [9.17, 15) is 0 Å². The van der Waals surface area contributed by atoms with Crippen LogP contribution in [0.15, 0.2) is 16.5 Å². The van der Waals surface area contributed by atoms with Crippen molar-refractivity contribution >= 4 is 0 Å². The monoisotopic (exact) mass is 219 g/mol. The van der Waals surface area contributed by atoms with Crippen molar-refractivity contribution in [2.45, 2.75) is 39.2 Å². The first-order chi connectivity index (χ1) is 7.81. The lowest BCUT2D eigenvalue weighted by Crippen LogP contribution is -2.26. The Morgan fingerprint density at radius 1 is 1.31 bits per heavy atom. The van der Waals surface area contributed by atoms with Crippen LogP contribution in [0.4, 0.5) is 0 Å². The summed E-state index contributed by atoms with van der Waals surface area (Å²) in [6.45, 7) is 4.07. The van der Waals surface area contributed by atoms with Crippen LogP contribution in [-0.2, 0) is 6.54 Å². The number of rotatable bonds is 4. The van der Waals surface area contributed by atoms with Crippen molar-refractivity contribution in [3.63, 3.8) is 0 Å². The molecule has 16 heavy (non-hydrogen) atoms. The zero-order valence-corrected chi connectivity index (χ0v) is 10.0. The number of hydrogen-bond donors (Lipinski definition) is 1. The SMILES string of the molecule is Cc1ccc(CNCC2CC3CCC2C3)o1. The first-order valence-electron chi connectivity index (χ1n) is 6.57. The highest BCUT2D eigenvalue weighted by Gasteiger charge is 2.38. The molecule has 2 aliphatic carbocycles. The first kappa shape index (κ1) is 10.4. The van der Waals surface area contributed by atoms with E-state index in [2.05, 4.69) is 11.4 Å². The maximum atomic E-state index is 5.55. The van der Waals surface area contributed by atoms with Gasteiger partial charge in [-0.3, -0.25) is 0 Å². The third-order valence-electron chi connectivity index (χ3n) is 4.39. The number of fused-ring (bicyclic) bond motifs is 2. The number of aryl methyl sites for hydroxylation is 1. The second kappa shape index (κ2) is 4.25. The zero-order valence-electron chi connectivity index (χ0n) is 10.0. The summed E-state index contributed by atoms with van der Waals surface area (Å²) in [5.74, 6) is 5.10. The largest absolute Gasteiger partial charge is 0.465 e. The summed E-state index contributed by atoms with van der Waals surface area (Å²) in [5.41, 5.74) is 0. The van der Waals surface area contributed by atoms with Gasteiger partial charge in [0.2, 0.25) is 0 Å². The van der Waals surface area contributed by atoms with Crippen LogP contribution < -0.4 is 5.32 Å². The Morgan fingerprint density at radius 2 is 2.25 bits per heavy atom. The molecule has 0 aromatic carbocycles. The van der Waals surface area contributed by atoms with E-state index in [-0.39, 0.29) is 0 Å². The molecule has 3 rings (SSSR count). The van der Waals surface area contributed by atoms with Crippen LogP contribution in [0.3, 0.4) is 0 Å². The van der Waals surface area contributed by atoms with Gasteiger partial charge < -0.3 is 9.73 Å². The van der Waals surface area contributed by atoms with Crippen LogP contribution >= 0.6 is 0 Å². The second-order valence-electron chi connectivity index (χ2n) is 5.58. The lowest BCUT2D eigenvalue weighted by molar-refractivity contribution is 0.314. The van der Waals surface area contributed by atoms with E-state index in [0.29, 0.717) is 0 Å². The van der Waals surface area contributed by atoms with Crippen molar-refractivity contribution in [2.75, 3.05) is 6.54 Å². The van der Waals surface area contributed by atoms with Crippen molar-refractivity contribution in [2.24, 2.45) is 17.8 Å². The predicted octanol–water partition coefficient (Wildman–Crippen LogP) is 3.11. The maximum absolute atomic E-state index is 5.55. The van der Waals surface area contributed by atoms with Crippen LogP contribution in [0.25, 0.3) is 0 Å². The van der Waals surface area contributed by atoms with Crippen molar-refractivity contribution < 1.29 is 4.42 Å². The van der Waals surface area contributed by atoms with Gasteiger partial charge in [-0.25, -0.2) is 0 Å². The van der Waals surface area contributed by atoms with Crippen molar-refractivity contribution in [3.05, 3.63) is 23.7 Å². The first-order valence-corrected chi connectivity index (χ1v) is 6.57. The molecule has 3 atom stereocenters. The van der Waals surface area contributed by atoms with E-state index in [0.717, 1.165) is 35.8 Å². The van der Waals surface area contributed by atoms with Crippen molar-refractivity contribution in [1.29, 1.82) is 0 Å². The van der Waals surface area contributed by atoms with Crippen molar-refractivity contribution in [3.8, 4) is 0 Å². The van der Waals surface area contributed by atoms with Crippen molar-refractivity contribution in [1.82, 2.24) is 5.32 Å². The molecule has 1 aromatic rings. The minimum absolute atomic E-state index is 0.891. The molecule has 2 aliphatic rings. The van der Waals surface area contributed by atoms with Crippen LogP contribution in [0.1, 0.15) is 37.2 Å². The Morgan fingerprint density at radius 3 is 2.88 bits per heavy atom. The Hall–Kier alpha value is -0.760. The molecule has 3 unspecified atom stereocenters. The normalized spacial score (nSPS) is 32.4.